The summed E-state index contributed by atoms with van der Waals surface area (Å²) >= 11 is 0. The molecular formula is C27H28N2O3. The van der Waals surface area contributed by atoms with E-state index in [1.165, 1.54) is 30.0 Å². The van der Waals surface area contributed by atoms with Gasteiger partial charge in [0.05, 0.1) is 11.3 Å². The number of nitrogens with zero attached hydrogens (tertiary/aromatic N) is 1. The molecule has 3 aromatic carbocycles. The minimum atomic E-state index is -1.07. The maximum atomic E-state index is 12.6. The number of nitrogens with one attached hydrogen (secondary N) is 1. The van der Waals surface area contributed by atoms with E-state index < -0.39 is 5.97 Å². The molecule has 0 radical (unpaired) electrons. The van der Waals surface area contributed by atoms with Crippen LogP contribution in [0.25, 0.3) is 0 Å². The smallest absolute Gasteiger partial charge is 0.337 e. The fourth-order valence-electron chi connectivity index (χ4n) is 4.29. The van der Waals surface area contributed by atoms with Crippen LogP contribution in [0.1, 0.15) is 44.7 Å². The Morgan fingerprint density at radius 3 is 2.19 bits per heavy atom. The second-order valence-corrected chi connectivity index (χ2v) is 8.41. The number of carbonyl (C=O) groups excluding carboxylic acids is 1. The maximum Gasteiger partial charge on any atom is 0.337 e. The monoisotopic (exact) mass is 428 g/mol. The molecule has 0 spiro atoms. The van der Waals surface area contributed by atoms with E-state index in [0.717, 1.165) is 32.0 Å². The van der Waals surface area contributed by atoms with Gasteiger partial charge >= 0.3 is 5.97 Å². The van der Waals surface area contributed by atoms with Crippen LogP contribution in [0.15, 0.2) is 78.9 Å². The Balaban J connectivity index is 1.29. The van der Waals surface area contributed by atoms with Crippen molar-refractivity contribution in [2.24, 2.45) is 5.92 Å². The number of carboxylic acids is 1. The second kappa shape index (κ2) is 10.2. The minimum absolute atomic E-state index is 0.0770. The summed E-state index contributed by atoms with van der Waals surface area (Å²) in [4.78, 5) is 26.4. The van der Waals surface area contributed by atoms with Crippen molar-refractivity contribution in [1.82, 2.24) is 4.90 Å². The Hall–Kier alpha value is -3.44. The number of aromatic carboxylic acids is 1. The molecule has 0 aliphatic carbocycles. The molecule has 0 atom stereocenters. The summed E-state index contributed by atoms with van der Waals surface area (Å²) in [6, 6.07) is 24.7. The summed E-state index contributed by atoms with van der Waals surface area (Å²) in [6.07, 6.45) is 3.57. The molecule has 5 heteroatoms. The van der Waals surface area contributed by atoms with Crippen molar-refractivity contribution in [3.05, 3.63) is 101 Å². The third-order valence-corrected chi connectivity index (χ3v) is 6.10. The highest BCUT2D eigenvalue weighted by Crippen LogP contribution is 2.23. The van der Waals surface area contributed by atoms with E-state index in [2.05, 4.69) is 40.5 Å². The number of carbonyl (C=O) groups is 2. The largest absolute Gasteiger partial charge is 0.478 e. The first-order chi connectivity index (χ1) is 15.6. The molecule has 5 nitrogen and oxygen atoms in total. The number of para-hydroxylation sites is 1. The van der Waals surface area contributed by atoms with Crippen LogP contribution in [-0.2, 0) is 13.0 Å². The summed E-state index contributed by atoms with van der Waals surface area (Å²) in [6.45, 7) is 3.05. The quantitative estimate of drug-likeness (QED) is 0.550. The standard InChI is InChI=1S/C27H28N2O3/c30-26(28-25-9-5-4-8-24(25)27(31)32)23-12-10-22(11-13-23)19-29-16-14-21(15-17-29)18-20-6-2-1-3-7-20/h1-13,21H,14-19H2,(H,28,30)(H,31,32). The molecule has 2 N–H and O–H groups in total. The van der Waals surface area contributed by atoms with Crippen LogP contribution < -0.4 is 5.32 Å². The molecule has 1 heterocycles. The van der Waals surface area contributed by atoms with E-state index in [1.807, 2.05) is 12.1 Å². The van der Waals surface area contributed by atoms with Crippen molar-refractivity contribution in [1.29, 1.82) is 0 Å². The predicted molar refractivity (Wildman–Crippen MR) is 126 cm³/mol. The average molecular weight is 429 g/mol. The number of carboxylic acid groups (broad SMARTS) is 1. The first-order valence-electron chi connectivity index (χ1n) is 11.1. The first-order valence-corrected chi connectivity index (χ1v) is 11.1. The molecule has 1 saturated heterocycles. The summed E-state index contributed by atoms with van der Waals surface area (Å²) < 4.78 is 0. The normalized spacial score (nSPS) is 14.8. The number of hydrogen-bond acceptors (Lipinski definition) is 3. The lowest BCUT2D eigenvalue weighted by Crippen LogP contribution is -2.33. The van der Waals surface area contributed by atoms with Crippen LogP contribution in [0.3, 0.4) is 0 Å². The number of rotatable bonds is 7. The fourth-order valence-corrected chi connectivity index (χ4v) is 4.29. The van der Waals surface area contributed by atoms with E-state index in [-0.39, 0.29) is 11.5 Å². The van der Waals surface area contributed by atoms with Crippen molar-refractivity contribution in [2.75, 3.05) is 18.4 Å². The minimum Gasteiger partial charge on any atom is -0.478 e. The zero-order valence-corrected chi connectivity index (χ0v) is 18.0. The van der Waals surface area contributed by atoms with Crippen LogP contribution >= 0.6 is 0 Å². The van der Waals surface area contributed by atoms with Crippen LogP contribution in [-0.4, -0.2) is 35.0 Å². The SMILES string of the molecule is O=C(Nc1ccccc1C(=O)O)c1ccc(CN2CCC(Cc3ccccc3)CC2)cc1. The van der Waals surface area contributed by atoms with Gasteiger partial charge in [0, 0.05) is 12.1 Å². The Morgan fingerprint density at radius 1 is 0.844 bits per heavy atom. The van der Waals surface area contributed by atoms with Gasteiger partial charge in [0.2, 0.25) is 0 Å². The van der Waals surface area contributed by atoms with Crippen LogP contribution in [0.4, 0.5) is 5.69 Å². The molecule has 1 amide bonds. The molecule has 3 aromatic rings. The van der Waals surface area contributed by atoms with Gasteiger partial charge in [0.25, 0.3) is 5.91 Å². The lowest BCUT2D eigenvalue weighted by atomic mass is 9.90. The molecule has 1 fully saturated rings. The fraction of sp³-hybridized carbons (Fsp3) is 0.259. The Bertz CT molecular complexity index is 1060. The van der Waals surface area contributed by atoms with Gasteiger partial charge in [-0.15, -0.1) is 0 Å². The highest BCUT2D eigenvalue weighted by atomic mass is 16.4. The van der Waals surface area contributed by atoms with Gasteiger partial charge in [0.1, 0.15) is 0 Å². The zero-order valence-electron chi connectivity index (χ0n) is 18.0. The highest BCUT2D eigenvalue weighted by molar-refractivity contribution is 6.07. The van der Waals surface area contributed by atoms with Crippen LogP contribution in [0.2, 0.25) is 0 Å². The predicted octanol–water partition coefficient (Wildman–Crippen LogP) is 5.09. The van der Waals surface area contributed by atoms with Crippen molar-refractivity contribution >= 4 is 17.6 Å². The van der Waals surface area contributed by atoms with Crippen molar-refractivity contribution in [3.63, 3.8) is 0 Å². The Kier molecular flexibility index (Phi) is 6.97. The molecule has 0 unspecified atom stereocenters. The second-order valence-electron chi connectivity index (χ2n) is 8.41. The van der Waals surface area contributed by atoms with E-state index in [1.54, 1.807) is 30.3 Å². The van der Waals surface area contributed by atoms with Gasteiger partial charge in [-0.1, -0.05) is 54.6 Å². The molecule has 4 rings (SSSR count). The summed E-state index contributed by atoms with van der Waals surface area (Å²) in [5.41, 5.74) is 3.48. The number of piperidine rings is 1. The summed E-state index contributed by atoms with van der Waals surface area (Å²) in [7, 11) is 0. The van der Waals surface area contributed by atoms with Gasteiger partial charge in [-0.05, 0) is 73.7 Å². The van der Waals surface area contributed by atoms with Crippen molar-refractivity contribution < 1.29 is 14.7 Å². The zero-order chi connectivity index (χ0) is 22.3. The van der Waals surface area contributed by atoms with E-state index in [9.17, 15) is 14.7 Å². The third kappa shape index (κ3) is 5.62. The van der Waals surface area contributed by atoms with Crippen molar-refractivity contribution in [2.45, 2.75) is 25.8 Å². The highest BCUT2D eigenvalue weighted by Gasteiger charge is 2.20. The molecule has 32 heavy (non-hydrogen) atoms. The first kappa shape index (κ1) is 21.8. The van der Waals surface area contributed by atoms with E-state index in [0.29, 0.717) is 11.3 Å². The lowest BCUT2D eigenvalue weighted by Gasteiger charge is -2.32. The summed E-state index contributed by atoms with van der Waals surface area (Å²) in [5.74, 6) is -0.635. The van der Waals surface area contributed by atoms with Gasteiger partial charge in [-0.3, -0.25) is 9.69 Å². The molecule has 1 aliphatic heterocycles. The van der Waals surface area contributed by atoms with E-state index in [4.69, 9.17) is 0 Å². The number of likely N-dealkylation sites (tertiary alicyclic amines) is 1. The number of benzene rings is 3. The summed E-state index contributed by atoms with van der Waals surface area (Å²) in [5, 5.41) is 12.0. The lowest BCUT2D eigenvalue weighted by molar-refractivity contribution is 0.0698. The van der Waals surface area contributed by atoms with Gasteiger partial charge in [0.15, 0.2) is 0 Å². The molecule has 1 aliphatic rings. The number of amides is 1. The van der Waals surface area contributed by atoms with Crippen LogP contribution in [0.5, 0.6) is 0 Å². The molecule has 0 aromatic heterocycles. The van der Waals surface area contributed by atoms with Gasteiger partial charge in [-0.2, -0.15) is 0 Å². The number of anilines is 1. The molecule has 0 bridgehead atoms. The van der Waals surface area contributed by atoms with Gasteiger partial charge < -0.3 is 10.4 Å². The van der Waals surface area contributed by atoms with E-state index >= 15 is 0 Å². The molecular weight excluding hydrogens is 400 g/mol. The third-order valence-electron chi connectivity index (χ3n) is 6.10. The maximum absolute atomic E-state index is 12.6. The van der Waals surface area contributed by atoms with Crippen LogP contribution in [0, 0.1) is 5.92 Å². The van der Waals surface area contributed by atoms with Crippen molar-refractivity contribution in [3.8, 4) is 0 Å². The molecule has 164 valence electrons. The Morgan fingerprint density at radius 2 is 1.50 bits per heavy atom. The Labute approximate surface area is 188 Å². The van der Waals surface area contributed by atoms with Gasteiger partial charge in [-0.25, -0.2) is 4.79 Å². The topological polar surface area (TPSA) is 69.6 Å². The molecule has 0 saturated carbocycles. The number of hydrogen-bond donors (Lipinski definition) is 2. The average Bonchev–Trinajstić information content (AvgIpc) is 2.82.